The first-order valence-corrected chi connectivity index (χ1v) is 10.0. The molecule has 1 aromatic carbocycles. The standard InChI is InChI=1S/C20H27Cl3O2/c1-4-5-6-7-8-9-10-16-11-15(3)17(12-14(16)2)18(24)13-19(25)20(21,22)23/h11-12H,4-10,13H2,1-3H3. The largest absolute Gasteiger partial charge is 0.294 e. The normalized spacial score (nSPS) is 11.6. The summed E-state index contributed by atoms with van der Waals surface area (Å²) in [5, 5.41) is 0. The van der Waals surface area contributed by atoms with E-state index in [4.69, 9.17) is 34.8 Å². The van der Waals surface area contributed by atoms with Gasteiger partial charge in [-0.3, -0.25) is 9.59 Å². The zero-order chi connectivity index (χ0) is 19.0. The van der Waals surface area contributed by atoms with Crippen molar-refractivity contribution in [3.63, 3.8) is 0 Å². The van der Waals surface area contributed by atoms with Gasteiger partial charge in [-0.1, -0.05) is 79.9 Å². The van der Waals surface area contributed by atoms with E-state index in [0.29, 0.717) is 5.56 Å². The van der Waals surface area contributed by atoms with Crippen LogP contribution in [0.5, 0.6) is 0 Å². The van der Waals surface area contributed by atoms with Crippen molar-refractivity contribution in [1.82, 2.24) is 0 Å². The molecule has 0 aliphatic heterocycles. The van der Waals surface area contributed by atoms with Gasteiger partial charge in [-0.2, -0.15) is 0 Å². The van der Waals surface area contributed by atoms with Crippen LogP contribution in [0.4, 0.5) is 0 Å². The van der Waals surface area contributed by atoms with Crippen LogP contribution in [-0.2, 0) is 11.2 Å². The van der Waals surface area contributed by atoms with Crippen molar-refractivity contribution in [2.75, 3.05) is 0 Å². The van der Waals surface area contributed by atoms with Gasteiger partial charge in [-0.05, 0) is 49.4 Å². The number of rotatable bonds is 10. The minimum Gasteiger partial charge on any atom is -0.294 e. The number of benzene rings is 1. The highest BCUT2D eigenvalue weighted by Crippen LogP contribution is 2.29. The Morgan fingerprint density at radius 3 is 2.12 bits per heavy atom. The lowest BCUT2D eigenvalue weighted by Gasteiger charge is -2.13. The van der Waals surface area contributed by atoms with E-state index in [1.54, 1.807) is 0 Å². The first-order valence-electron chi connectivity index (χ1n) is 8.90. The quantitative estimate of drug-likeness (QED) is 0.187. The van der Waals surface area contributed by atoms with Crippen LogP contribution in [0.1, 0.15) is 78.9 Å². The molecule has 0 spiro atoms. The van der Waals surface area contributed by atoms with Crippen molar-refractivity contribution in [2.24, 2.45) is 0 Å². The number of halogens is 3. The fourth-order valence-electron chi connectivity index (χ4n) is 2.88. The molecule has 0 aliphatic carbocycles. The minimum absolute atomic E-state index is 0.303. The Morgan fingerprint density at radius 1 is 0.920 bits per heavy atom. The van der Waals surface area contributed by atoms with E-state index in [-0.39, 0.29) is 5.78 Å². The van der Waals surface area contributed by atoms with Crippen LogP contribution in [0, 0.1) is 13.8 Å². The van der Waals surface area contributed by atoms with Crippen molar-refractivity contribution in [1.29, 1.82) is 0 Å². The van der Waals surface area contributed by atoms with E-state index in [9.17, 15) is 9.59 Å². The van der Waals surface area contributed by atoms with Gasteiger partial charge in [0.2, 0.25) is 3.79 Å². The number of hydrogen-bond acceptors (Lipinski definition) is 2. The summed E-state index contributed by atoms with van der Waals surface area (Å²) in [4.78, 5) is 24.1. The van der Waals surface area contributed by atoms with E-state index in [2.05, 4.69) is 13.0 Å². The fraction of sp³-hybridized carbons (Fsp3) is 0.600. The smallest absolute Gasteiger partial charge is 0.249 e. The van der Waals surface area contributed by atoms with E-state index >= 15 is 0 Å². The van der Waals surface area contributed by atoms with Crippen molar-refractivity contribution < 1.29 is 9.59 Å². The molecular weight excluding hydrogens is 379 g/mol. The zero-order valence-electron chi connectivity index (χ0n) is 15.3. The average Bonchev–Trinajstić information content (AvgIpc) is 2.52. The summed E-state index contributed by atoms with van der Waals surface area (Å²) in [5.41, 5.74) is 3.74. The van der Waals surface area contributed by atoms with Gasteiger partial charge in [0.05, 0.1) is 6.42 Å². The average molecular weight is 406 g/mol. The highest BCUT2D eigenvalue weighted by Gasteiger charge is 2.32. The van der Waals surface area contributed by atoms with Crippen LogP contribution in [-0.4, -0.2) is 15.4 Å². The molecule has 0 N–H and O–H groups in total. The lowest BCUT2D eigenvalue weighted by molar-refractivity contribution is -0.117. The molecular formula is C20H27Cl3O2. The summed E-state index contributed by atoms with van der Waals surface area (Å²) >= 11 is 16.6. The van der Waals surface area contributed by atoms with Gasteiger partial charge in [0, 0.05) is 5.56 Å². The predicted molar refractivity (Wildman–Crippen MR) is 107 cm³/mol. The van der Waals surface area contributed by atoms with Crippen LogP contribution in [0.15, 0.2) is 12.1 Å². The minimum atomic E-state index is -2.05. The summed E-state index contributed by atoms with van der Waals surface area (Å²) in [5.74, 6) is -1.00. The molecule has 0 unspecified atom stereocenters. The third-order valence-electron chi connectivity index (χ3n) is 4.42. The van der Waals surface area contributed by atoms with Crippen LogP contribution in [0.3, 0.4) is 0 Å². The Morgan fingerprint density at radius 2 is 1.52 bits per heavy atom. The lowest BCUT2D eigenvalue weighted by atomic mass is 9.93. The number of carbonyl (C=O) groups excluding carboxylic acids is 2. The lowest BCUT2D eigenvalue weighted by Crippen LogP contribution is -2.22. The first-order chi connectivity index (χ1) is 11.7. The summed E-state index contributed by atoms with van der Waals surface area (Å²) in [6.45, 7) is 6.10. The topological polar surface area (TPSA) is 34.1 Å². The zero-order valence-corrected chi connectivity index (χ0v) is 17.5. The van der Waals surface area contributed by atoms with Gasteiger partial charge < -0.3 is 0 Å². The number of ketones is 2. The Hall–Kier alpha value is -0.570. The van der Waals surface area contributed by atoms with Crippen LogP contribution >= 0.6 is 34.8 Å². The van der Waals surface area contributed by atoms with Gasteiger partial charge in [0.15, 0.2) is 11.6 Å². The van der Waals surface area contributed by atoms with Gasteiger partial charge in [0.1, 0.15) is 0 Å². The van der Waals surface area contributed by atoms with Gasteiger partial charge in [-0.25, -0.2) is 0 Å². The molecule has 0 bridgehead atoms. The molecule has 5 heteroatoms. The molecule has 140 valence electrons. The highest BCUT2D eigenvalue weighted by molar-refractivity contribution is 6.76. The van der Waals surface area contributed by atoms with E-state index in [1.165, 1.54) is 37.7 Å². The summed E-state index contributed by atoms with van der Waals surface area (Å²) in [6.07, 6.45) is 8.16. The van der Waals surface area contributed by atoms with Crippen LogP contribution < -0.4 is 0 Å². The highest BCUT2D eigenvalue weighted by atomic mass is 35.6. The van der Waals surface area contributed by atoms with E-state index in [0.717, 1.165) is 24.0 Å². The van der Waals surface area contributed by atoms with E-state index < -0.39 is 16.0 Å². The van der Waals surface area contributed by atoms with Gasteiger partial charge in [0.25, 0.3) is 0 Å². The molecule has 1 aromatic rings. The van der Waals surface area contributed by atoms with Crippen molar-refractivity contribution in [3.8, 4) is 0 Å². The maximum Gasteiger partial charge on any atom is 0.249 e. The van der Waals surface area contributed by atoms with Crippen molar-refractivity contribution in [2.45, 2.75) is 75.9 Å². The van der Waals surface area contributed by atoms with E-state index in [1.807, 2.05) is 19.9 Å². The molecule has 25 heavy (non-hydrogen) atoms. The SMILES string of the molecule is CCCCCCCCc1cc(C)c(C(=O)CC(=O)C(Cl)(Cl)Cl)cc1C. The number of carbonyl (C=O) groups is 2. The molecule has 0 aromatic heterocycles. The number of hydrogen-bond donors (Lipinski definition) is 0. The monoisotopic (exact) mass is 404 g/mol. The van der Waals surface area contributed by atoms with Gasteiger partial charge in [-0.15, -0.1) is 0 Å². The summed E-state index contributed by atoms with van der Waals surface area (Å²) < 4.78 is -2.05. The molecule has 0 heterocycles. The van der Waals surface area contributed by atoms with Crippen molar-refractivity contribution in [3.05, 3.63) is 34.4 Å². The third-order valence-corrected chi connectivity index (χ3v) is 5.05. The molecule has 2 nitrogen and oxygen atoms in total. The summed E-state index contributed by atoms with van der Waals surface area (Å²) in [6, 6.07) is 3.91. The number of alkyl halides is 3. The Balaban J connectivity index is 2.69. The third kappa shape index (κ3) is 7.68. The molecule has 0 fully saturated rings. The molecule has 0 aliphatic rings. The number of Topliss-reactive ketones (excluding diaryl/α,β-unsaturated/α-hetero) is 2. The second-order valence-electron chi connectivity index (χ2n) is 6.63. The molecule has 0 radical (unpaired) electrons. The molecule has 0 saturated heterocycles. The second kappa shape index (κ2) is 10.5. The fourth-order valence-corrected chi connectivity index (χ4v) is 3.08. The van der Waals surface area contributed by atoms with Crippen molar-refractivity contribution >= 4 is 46.4 Å². The molecule has 0 saturated carbocycles. The first kappa shape index (κ1) is 22.5. The number of aryl methyl sites for hydroxylation is 3. The number of unbranched alkanes of at least 4 members (excludes halogenated alkanes) is 5. The van der Waals surface area contributed by atoms with Crippen LogP contribution in [0.25, 0.3) is 0 Å². The Labute approximate surface area is 166 Å². The van der Waals surface area contributed by atoms with Gasteiger partial charge >= 0.3 is 0 Å². The predicted octanol–water partition coefficient (Wildman–Crippen LogP) is 6.72. The molecule has 0 atom stereocenters. The second-order valence-corrected chi connectivity index (χ2v) is 8.91. The summed E-state index contributed by atoms with van der Waals surface area (Å²) in [7, 11) is 0. The molecule has 0 amide bonds. The maximum absolute atomic E-state index is 12.4. The molecule has 1 rings (SSSR count). The Bertz CT molecular complexity index is 604. The van der Waals surface area contributed by atoms with Crippen LogP contribution in [0.2, 0.25) is 0 Å². The maximum atomic E-state index is 12.4. The Kier molecular flexibility index (Phi) is 9.48.